The first-order valence-electron chi connectivity index (χ1n) is 2.09. The van der Waals surface area contributed by atoms with Crippen molar-refractivity contribution in [2.75, 3.05) is 0 Å². The summed E-state index contributed by atoms with van der Waals surface area (Å²) in [5.41, 5.74) is 0. The summed E-state index contributed by atoms with van der Waals surface area (Å²) in [5.74, 6) is 0.0465. The van der Waals surface area contributed by atoms with Crippen molar-refractivity contribution in [3.63, 3.8) is 0 Å². The molecule has 0 aromatic carbocycles. The minimum atomic E-state index is -0.0709. The Morgan fingerprint density at radius 2 is 2.12 bits per heavy atom. The molecule has 0 spiro atoms. The molecule has 0 saturated carbocycles. The van der Waals surface area contributed by atoms with Gasteiger partial charge in [-0.15, -0.1) is 4.40 Å². The Morgan fingerprint density at radius 3 is 2.25 bits per heavy atom. The van der Waals surface area contributed by atoms with Gasteiger partial charge < -0.3 is 5.11 Å². The predicted molar refractivity (Wildman–Crippen MR) is 32.5 cm³/mol. The van der Waals surface area contributed by atoms with Crippen LogP contribution >= 0.6 is 11.9 Å². The number of nitrogens with one attached hydrogen (secondary N) is 1. The second-order valence-electron chi connectivity index (χ2n) is 1.28. The third-order valence-corrected chi connectivity index (χ3v) is 1.03. The van der Waals surface area contributed by atoms with Crippen molar-refractivity contribution in [2.24, 2.45) is 0 Å². The molecular weight excluding hydrogens is 126 g/mol. The summed E-state index contributed by atoms with van der Waals surface area (Å²) in [6.45, 7) is 2.89. The largest absolute Gasteiger partial charge is 0.463 e. The summed E-state index contributed by atoms with van der Waals surface area (Å²) in [6.07, 6.45) is 0. The van der Waals surface area contributed by atoms with Crippen LogP contribution in [-0.4, -0.2) is 16.1 Å². The van der Waals surface area contributed by atoms with Gasteiger partial charge in [-0.2, -0.15) is 0 Å². The average molecular weight is 134 g/mol. The lowest BCUT2D eigenvalue weighted by molar-refractivity contribution is -0.258. The van der Waals surface area contributed by atoms with Crippen LogP contribution in [0.25, 0.3) is 0 Å². The fourth-order valence-corrected chi connectivity index (χ4v) is 0.437. The molecule has 0 aliphatic carbocycles. The van der Waals surface area contributed by atoms with Crippen molar-refractivity contribution >= 4 is 23.0 Å². The van der Waals surface area contributed by atoms with Crippen molar-refractivity contribution in [2.45, 2.75) is 13.8 Å². The number of carbonyl (C=O) groups excluding carboxylic acids is 1. The van der Waals surface area contributed by atoms with Crippen molar-refractivity contribution < 1.29 is 14.3 Å². The van der Waals surface area contributed by atoms with Crippen LogP contribution in [0.4, 0.5) is 0 Å². The summed E-state index contributed by atoms with van der Waals surface area (Å²) >= 11 is 0.863. The van der Waals surface area contributed by atoms with E-state index < -0.39 is 0 Å². The molecule has 0 rings (SSSR count). The van der Waals surface area contributed by atoms with Crippen molar-refractivity contribution in [1.29, 1.82) is 0 Å². The highest BCUT2D eigenvalue weighted by molar-refractivity contribution is 8.07. The van der Waals surface area contributed by atoms with E-state index in [0.29, 0.717) is 0 Å². The molecule has 3 nitrogen and oxygen atoms in total. The van der Waals surface area contributed by atoms with Crippen LogP contribution < -0.4 is 4.40 Å². The quantitative estimate of drug-likeness (QED) is 0.281. The Labute approximate surface area is 51.9 Å². The molecule has 0 saturated heterocycles. The van der Waals surface area contributed by atoms with E-state index in [1.807, 2.05) is 0 Å². The molecule has 0 aromatic heterocycles. The zero-order chi connectivity index (χ0) is 6.57. The zero-order valence-electron chi connectivity index (χ0n) is 4.76. The van der Waals surface area contributed by atoms with Gasteiger partial charge in [0.25, 0.3) is 5.12 Å². The van der Waals surface area contributed by atoms with Gasteiger partial charge in [0, 0.05) is 6.92 Å². The summed E-state index contributed by atoms with van der Waals surface area (Å²) in [7, 11) is 0. The topological polar surface area (TPSA) is 51.3 Å². The standard InChI is InChI=1S/C4H7NO2S/c1-3(6)5-8-4(2)7/h1-2H3,(H,5,6)/p+1. The normalized spacial score (nSPS) is 11.5. The molecule has 2 N–H and O–H groups in total. The number of carbonyl (C=O) groups is 1. The van der Waals surface area contributed by atoms with Crippen LogP contribution in [0, 0.1) is 0 Å². The zero-order valence-corrected chi connectivity index (χ0v) is 5.58. The molecule has 8 heavy (non-hydrogen) atoms. The number of hydrogen-bond donors (Lipinski definition) is 2. The maximum atomic E-state index is 10.1. The molecule has 0 bridgehead atoms. The number of hydrogen-bond acceptors (Lipinski definition) is 2. The van der Waals surface area contributed by atoms with Gasteiger partial charge in [0.15, 0.2) is 0 Å². The Kier molecular flexibility index (Phi) is 3.26. The van der Waals surface area contributed by atoms with Gasteiger partial charge in [0.1, 0.15) is 0 Å². The molecule has 0 amide bonds. The second kappa shape index (κ2) is 3.49. The van der Waals surface area contributed by atoms with E-state index >= 15 is 0 Å². The highest BCUT2D eigenvalue weighted by Gasteiger charge is 1.97. The van der Waals surface area contributed by atoms with E-state index in [9.17, 15) is 4.79 Å². The summed E-state index contributed by atoms with van der Waals surface area (Å²) < 4.78 is 2.38. The molecular formula is C4H8NO2S+. The van der Waals surface area contributed by atoms with E-state index in [0.717, 1.165) is 11.9 Å². The van der Waals surface area contributed by atoms with Gasteiger partial charge in [-0.3, -0.25) is 4.79 Å². The SMILES string of the molecule is CC(=O)S[NH+]=C(C)O. The molecule has 4 heteroatoms. The second-order valence-corrected chi connectivity index (χ2v) is 2.26. The summed E-state index contributed by atoms with van der Waals surface area (Å²) in [5, 5.41) is 8.36. The summed E-state index contributed by atoms with van der Waals surface area (Å²) in [4.78, 5) is 10.1. The maximum absolute atomic E-state index is 10.1. The van der Waals surface area contributed by atoms with E-state index in [2.05, 4.69) is 4.40 Å². The van der Waals surface area contributed by atoms with Gasteiger partial charge in [-0.1, -0.05) is 0 Å². The molecule has 0 atom stereocenters. The molecule has 0 aliphatic rings. The number of aliphatic hydroxyl groups excluding tert-OH is 1. The van der Waals surface area contributed by atoms with Crippen molar-refractivity contribution in [3.8, 4) is 0 Å². The van der Waals surface area contributed by atoms with Crippen LogP contribution in [-0.2, 0) is 4.79 Å². The molecule has 0 aromatic rings. The first kappa shape index (κ1) is 7.49. The third-order valence-electron chi connectivity index (χ3n) is 0.342. The van der Waals surface area contributed by atoms with E-state index in [4.69, 9.17) is 5.11 Å². The highest BCUT2D eigenvalue weighted by atomic mass is 32.2. The maximum Gasteiger partial charge on any atom is 0.342 e. The van der Waals surface area contributed by atoms with E-state index in [1.165, 1.54) is 13.8 Å². The molecule has 0 fully saturated rings. The average Bonchev–Trinajstić information content (AvgIpc) is 1.61. The van der Waals surface area contributed by atoms with Crippen LogP contribution in [0.1, 0.15) is 13.8 Å². The van der Waals surface area contributed by atoms with Crippen LogP contribution in [0.2, 0.25) is 0 Å². The minimum absolute atomic E-state index is 0.0465. The molecule has 0 aliphatic heterocycles. The highest BCUT2D eigenvalue weighted by Crippen LogP contribution is 1.79. The van der Waals surface area contributed by atoms with Gasteiger partial charge in [0.2, 0.25) is 11.9 Å². The Bertz CT molecular complexity index is 117. The molecule has 0 radical (unpaired) electrons. The molecule has 0 unspecified atom stereocenters. The first-order valence-corrected chi connectivity index (χ1v) is 2.90. The monoisotopic (exact) mass is 134 g/mol. The predicted octanol–water partition coefficient (Wildman–Crippen LogP) is -0.762. The summed E-state index contributed by atoms with van der Waals surface area (Å²) in [6, 6.07) is 0. The molecule has 46 valence electrons. The third kappa shape index (κ3) is 5.49. The van der Waals surface area contributed by atoms with Gasteiger partial charge in [-0.05, 0) is 0 Å². The van der Waals surface area contributed by atoms with Crippen molar-refractivity contribution in [3.05, 3.63) is 0 Å². The van der Waals surface area contributed by atoms with E-state index in [1.54, 1.807) is 0 Å². The Hall–Kier alpha value is -0.510. The fourth-order valence-electron chi connectivity index (χ4n) is 0.146. The minimum Gasteiger partial charge on any atom is -0.463 e. The van der Waals surface area contributed by atoms with E-state index in [-0.39, 0.29) is 11.0 Å². The first-order chi connectivity index (χ1) is 3.63. The fraction of sp³-hybridized carbons (Fsp3) is 0.500. The lowest BCUT2D eigenvalue weighted by Gasteiger charge is -1.74. The van der Waals surface area contributed by atoms with Crippen LogP contribution in [0.15, 0.2) is 0 Å². The Balaban J connectivity index is 3.45. The number of rotatable bonds is 1. The van der Waals surface area contributed by atoms with Crippen LogP contribution in [0.5, 0.6) is 0 Å². The number of aliphatic hydroxyl groups is 1. The van der Waals surface area contributed by atoms with Crippen LogP contribution in [0.3, 0.4) is 0 Å². The molecule has 0 heterocycles. The van der Waals surface area contributed by atoms with Gasteiger partial charge in [-0.25, -0.2) is 0 Å². The van der Waals surface area contributed by atoms with Gasteiger partial charge >= 0.3 is 5.90 Å². The lowest BCUT2D eigenvalue weighted by Crippen LogP contribution is -2.63. The Morgan fingerprint density at radius 1 is 1.62 bits per heavy atom. The van der Waals surface area contributed by atoms with Crippen molar-refractivity contribution in [1.82, 2.24) is 0 Å². The lowest BCUT2D eigenvalue weighted by atomic mass is 10.8. The van der Waals surface area contributed by atoms with Gasteiger partial charge in [0.05, 0.1) is 6.92 Å². The smallest absolute Gasteiger partial charge is 0.342 e.